The summed E-state index contributed by atoms with van der Waals surface area (Å²) in [5.74, 6) is 0.366. The quantitative estimate of drug-likeness (QED) is 0.774. The Hall–Kier alpha value is -1.05. The summed E-state index contributed by atoms with van der Waals surface area (Å²) in [6, 6.07) is 0. The third-order valence-electron chi connectivity index (χ3n) is 4.42. The minimum atomic E-state index is -0.355. The molecule has 1 amide bonds. The molecule has 0 bridgehead atoms. The summed E-state index contributed by atoms with van der Waals surface area (Å²) in [4.78, 5) is 13.9. The first-order chi connectivity index (χ1) is 8.64. The smallest absolute Gasteiger partial charge is 0.275 e. The van der Waals surface area contributed by atoms with Crippen LogP contribution >= 0.6 is 11.7 Å². The molecule has 1 aliphatic heterocycles. The monoisotopic (exact) mass is 269 g/mol. The Labute approximate surface area is 109 Å². The molecule has 2 N–H and O–H groups in total. The number of carbonyl (C=O) groups excluding carboxylic acids is 1. The van der Waals surface area contributed by atoms with Gasteiger partial charge in [-0.15, -0.1) is 0 Å². The van der Waals surface area contributed by atoms with Crippen molar-refractivity contribution < 1.29 is 15.0 Å². The van der Waals surface area contributed by atoms with E-state index in [0.29, 0.717) is 24.5 Å². The maximum atomic E-state index is 12.2. The second kappa shape index (κ2) is 3.97. The van der Waals surface area contributed by atoms with Gasteiger partial charge >= 0.3 is 0 Å². The first kappa shape index (κ1) is 12.0. The Morgan fingerprint density at radius 1 is 1.39 bits per heavy atom. The Morgan fingerprint density at radius 3 is 2.44 bits per heavy atom. The molecule has 7 heteroatoms. The number of likely N-dealkylation sites (tertiary alicyclic amines) is 1. The second-order valence-corrected chi connectivity index (χ2v) is 5.70. The molecule has 2 aliphatic rings. The van der Waals surface area contributed by atoms with Crippen LogP contribution in [0.5, 0.6) is 0 Å². The van der Waals surface area contributed by atoms with Crippen LogP contribution in [0.25, 0.3) is 0 Å². The van der Waals surface area contributed by atoms with Crippen molar-refractivity contribution in [3.05, 3.63) is 11.4 Å². The number of aliphatic hydroxyl groups is 2. The number of nitrogens with zero attached hydrogens (tertiary/aromatic N) is 3. The fourth-order valence-electron chi connectivity index (χ4n) is 3.10. The zero-order valence-electron chi connectivity index (χ0n) is 10.0. The lowest BCUT2D eigenvalue weighted by Crippen LogP contribution is -2.36. The van der Waals surface area contributed by atoms with Crippen LogP contribution in [0.15, 0.2) is 0 Å². The van der Waals surface area contributed by atoms with Gasteiger partial charge in [0.2, 0.25) is 0 Å². The summed E-state index contributed by atoms with van der Waals surface area (Å²) in [6.07, 6.45) is 0. The summed E-state index contributed by atoms with van der Waals surface area (Å²) >= 11 is 1.05. The van der Waals surface area contributed by atoms with Crippen LogP contribution in [0.2, 0.25) is 0 Å². The number of carbonyl (C=O) groups is 1. The van der Waals surface area contributed by atoms with Crippen LogP contribution in [0.4, 0.5) is 0 Å². The van der Waals surface area contributed by atoms with Crippen molar-refractivity contribution >= 4 is 17.6 Å². The topological polar surface area (TPSA) is 86.6 Å². The van der Waals surface area contributed by atoms with Crippen LogP contribution in [0.3, 0.4) is 0 Å². The van der Waals surface area contributed by atoms with Gasteiger partial charge in [0.1, 0.15) is 0 Å². The normalized spacial score (nSPS) is 28.3. The lowest BCUT2D eigenvalue weighted by Gasteiger charge is -2.23. The zero-order chi connectivity index (χ0) is 12.9. The Morgan fingerprint density at radius 2 is 2.00 bits per heavy atom. The SMILES string of the molecule is Cc1nsnc1C(=O)N1CC2C(C1)C2(CO)CO. The average molecular weight is 269 g/mol. The number of piperidine rings is 1. The van der Waals surface area contributed by atoms with E-state index in [4.69, 9.17) is 0 Å². The first-order valence-corrected chi connectivity index (χ1v) is 6.67. The summed E-state index contributed by atoms with van der Waals surface area (Å²) in [7, 11) is 0. The number of aryl methyl sites for hydroxylation is 1. The molecule has 1 saturated carbocycles. The number of aromatic nitrogens is 2. The van der Waals surface area contributed by atoms with E-state index in [2.05, 4.69) is 8.75 Å². The molecule has 18 heavy (non-hydrogen) atoms. The summed E-state index contributed by atoms with van der Waals surface area (Å²) in [5, 5.41) is 18.7. The molecular weight excluding hydrogens is 254 g/mol. The van der Waals surface area contributed by atoms with Gasteiger partial charge in [0.15, 0.2) is 5.69 Å². The molecule has 2 atom stereocenters. The third-order valence-corrected chi connectivity index (χ3v) is 5.04. The summed E-state index contributed by atoms with van der Waals surface area (Å²) in [5.41, 5.74) is 0.743. The van der Waals surface area contributed by atoms with Gasteiger partial charge in [0.25, 0.3) is 5.91 Å². The number of amides is 1. The predicted molar refractivity (Wildman–Crippen MR) is 64.1 cm³/mol. The second-order valence-electron chi connectivity index (χ2n) is 5.17. The Kier molecular flexibility index (Phi) is 2.65. The van der Waals surface area contributed by atoms with Crippen molar-refractivity contribution in [2.24, 2.45) is 17.3 Å². The van der Waals surface area contributed by atoms with Crippen LogP contribution < -0.4 is 0 Å². The van der Waals surface area contributed by atoms with Gasteiger partial charge in [-0.2, -0.15) is 8.75 Å². The Bertz CT molecular complexity index is 472. The lowest BCUT2D eigenvalue weighted by atomic mass is 10.0. The first-order valence-electron chi connectivity index (χ1n) is 5.94. The van der Waals surface area contributed by atoms with E-state index in [-0.39, 0.29) is 36.4 Å². The van der Waals surface area contributed by atoms with Crippen LogP contribution in [0, 0.1) is 24.2 Å². The molecule has 0 spiro atoms. The highest BCUT2D eigenvalue weighted by atomic mass is 32.1. The molecule has 3 rings (SSSR count). The molecule has 1 aliphatic carbocycles. The highest BCUT2D eigenvalue weighted by Gasteiger charge is 2.68. The maximum Gasteiger partial charge on any atom is 0.275 e. The average Bonchev–Trinajstić information content (AvgIpc) is 2.79. The van der Waals surface area contributed by atoms with Crippen molar-refractivity contribution in [2.75, 3.05) is 26.3 Å². The number of fused-ring (bicyclic) bond motifs is 1. The van der Waals surface area contributed by atoms with Gasteiger partial charge in [-0.3, -0.25) is 4.79 Å². The van der Waals surface area contributed by atoms with Crippen molar-refractivity contribution in [1.82, 2.24) is 13.6 Å². The van der Waals surface area contributed by atoms with Crippen LogP contribution in [0.1, 0.15) is 16.2 Å². The fraction of sp³-hybridized carbons (Fsp3) is 0.727. The van der Waals surface area contributed by atoms with Crippen LogP contribution in [-0.4, -0.2) is 56.1 Å². The molecular formula is C11H15N3O3S. The fourth-order valence-corrected chi connectivity index (χ4v) is 3.64. The molecule has 98 valence electrons. The van der Waals surface area contributed by atoms with Crippen molar-refractivity contribution in [1.29, 1.82) is 0 Å². The van der Waals surface area contributed by atoms with E-state index in [0.717, 1.165) is 11.7 Å². The van der Waals surface area contributed by atoms with Crippen molar-refractivity contribution in [3.63, 3.8) is 0 Å². The van der Waals surface area contributed by atoms with E-state index in [1.165, 1.54) is 0 Å². The summed E-state index contributed by atoms with van der Waals surface area (Å²) in [6.45, 7) is 2.97. The van der Waals surface area contributed by atoms with E-state index in [1.54, 1.807) is 11.8 Å². The van der Waals surface area contributed by atoms with Crippen molar-refractivity contribution in [3.8, 4) is 0 Å². The standard InChI is InChI=1S/C11H15N3O3S/c1-6-9(13-18-12-6)10(17)14-2-7-8(3-14)11(7,4-15)5-16/h7-8,15-16H,2-5H2,1H3. The highest BCUT2D eigenvalue weighted by molar-refractivity contribution is 6.99. The molecule has 1 saturated heterocycles. The van der Waals surface area contributed by atoms with Gasteiger partial charge in [-0.25, -0.2) is 0 Å². The minimum absolute atomic E-state index is 0.00184. The Balaban J connectivity index is 1.70. The minimum Gasteiger partial charge on any atom is -0.396 e. The van der Waals surface area contributed by atoms with Crippen LogP contribution in [-0.2, 0) is 0 Å². The summed E-state index contributed by atoms with van der Waals surface area (Å²) < 4.78 is 8.02. The molecule has 1 aromatic heterocycles. The predicted octanol–water partition coefficient (Wildman–Crippen LogP) is -0.481. The van der Waals surface area contributed by atoms with E-state index in [1.807, 2.05) is 0 Å². The molecule has 2 heterocycles. The maximum absolute atomic E-state index is 12.2. The number of hydrogen-bond acceptors (Lipinski definition) is 6. The van der Waals surface area contributed by atoms with Gasteiger partial charge in [-0.1, -0.05) is 0 Å². The highest BCUT2D eigenvalue weighted by Crippen LogP contribution is 2.62. The van der Waals surface area contributed by atoms with Gasteiger partial charge in [-0.05, 0) is 18.8 Å². The van der Waals surface area contributed by atoms with Crippen molar-refractivity contribution in [2.45, 2.75) is 6.92 Å². The lowest BCUT2D eigenvalue weighted by molar-refractivity contribution is 0.0633. The zero-order valence-corrected chi connectivity index (χ0v) is 10.9. The molecule has 1 aromatic rings. The third kappa shape index (κ3) is 1.44. The number of hydrogen-bond donors (Lipinski definition) is 2. The largest absolute Gasteiger partial charge is 0.396 e. The number of aliphatic hydroxyl groups excluding tert-OH is 2. The van der Waals surface area contributed by atoms with E-state index in [9.17, 15) is 15.0 Å². The molecule has 2 unspecified atom stereocenters. The number of rotatable bonds is 3. The molecule has 2 fully saturated rings. The van der Waals surface area contributed by atoms with E-state index >= 15 is 0 Å². The van der Waals surface area contributed by atoms with E-state index < -0.39 is 0 Å². The molecule has 6 nitrogen and oxygen atoms in total. The molecule has 0 radical (unpaired) electrons. The van der Waals surface area contributed by atoms with Gasteiger partial charge in [0, 0.05) is 18.5 Å². The van der Waals surface area contributed by atoms with Gasteiger partial charge in [0.05, 0.1) is 30.6 Å². The molecule has 0 aromatic carbocycles. The van der Waals surface area contributed by atoms with Gasteiger partial charge < -0.3 is 15.1 Å².